The average Bonchev–Trinajstić information content (AvgIpc) is 2.48. The summed E-state index contributed by atoms with van der Waals surface area (Å²) < 4.78 is 9.69. The number of methoxy groups -OCH3 is 1. The van der Waals surface area contributed by atoms with Crippen LogP contribution in [0.3, 0.4) is 0 Å². The molecule has 2 N–H and O–H groups in total. The number of fused-ring (bicyclic) bond motifs is 1. The minimum Gasteiger partial charge on any atom is -0.504 e. The fraction of sp³-hybridized carbons (Fsp3) is 0.222. The molecule has 0 saturated carbocycles. The Balaban J connectivity index is 2.70. The summed E-state index contributed by atoms with van der Waals surface area (Å²) in [5, 5.41) is 18.9. The van der Waals surface area contributed by atoms with Gasteiger partial charge in [-0.05, 0) is 0 Å². The number of hydrogen-bond donors (Lipinski definition) is 2. The molecule has 1 aromatic rings. The number of phenolic OH excluding ortho intramolecular Hbond substituents is 2. The molecule has 74 valence electrons. The van der Waals surface area contributed by atoms with Gasteiger partial charge in [-0.2, -0.15) is 0 Å². The highest BCUT2D eigenvalue weighted by Crippen LogP contribution is 2.45. The first-order valence-corrected chi connectivity index (χ1v) is 3.94. The van der Waals surface area contributed by atoms with E-state index < -0.39 is 0 Å². The van der Waals surface area contributed by atoms with Gasteiger partial charge in [0.15, 0.2) is 18.1 Å². The zero-order valence-corrected chi connectivity index (χ0v) is 7.40. The molecule has 14 heavy (non-hydrogen) atoms. The van der Waals surface area contributed by atoms with Gasteiger partial charge in [0, 0.05) is 6.07 Å². The van der Waals surface area contributed by atoms with Crippen LogP contribution in [0.1, 0.15) is 10.4 Å². The van der Waals surface area contributed by atoms with Crippen molar-refractivity contribution in [2.24, 2.45) is 0 Å². The second-order valence-corrected chi connectivity index (χ2v) is 2.86. The van der Waals surface area contributed by atoms with Gasteiger partial charge in [0.05, 0.1) is 7.11 Å². The molecule has 1 aromatic carbocycles. The predicted octanol–water partition coefficient (Wildman–Crippen LogP) is 0.681. The molecular weight excluding hydrogens is 188 g/mol. The first-order chi connectivity index (χ1) is 6.65. The fourth-order valence-electron chi connectivity index (χ4n) is 1.41. The van der Waals surface area contributed by atoms with Crippen LogP contribution in [0.5, 0.6) is 23.0 Å². The second-order valence-electron chi connectivity index (χ2n) is 2.86. The van der Waals surface area contributed by atoms with Crippen molar-refractivity contribution in [3.8, 4) is 23.0 Å². The van der Waals surface area contributed by atoms with E-state index in [0.29, 0.717) is 0 Å². The van der Waals surface area contributed by atoms with Crippen molar-refractivity contribution in [2.75, 3.05) is 13.7 Å². The number of carbonyl (C=O) groups excluding carboxylic acids is 1. The van der Waals surface area contributed by atoms with E-state index >= 15 is 0 Å². The highest BCUT2D eigenvalue weighted by molar-refractivity contribution is 6.05. The number of benzene rings is 1. The molecule has 0 radical (unpaired) electrons. The Kier molecular flexibility index (Phi) is 1.73. The summed E-state index contributed by atoms with van der Waals surface area (Å²) in [4.78, 5) is 11.2. The Hall–Kier alpha value is -1.91. The number of ether oxygens (including phenoxy) is 2. The number of aromatic hydroxyl groups is 2. The third kappa shape index (κ3) is 0.985. The van der Waals surface area contributed by atoms with Crippen LogP contribution in [0, 0.1) is 0 Å². The molecule has 0 saturated heterocycles. The lowest BCUT2D eigenvalue weighted by Crippen LogP contribution is -1.99. The summed E-state index contributed by atoms with van der Waals surface area (Å²) in [6.45, 7) is -0.116. The minimum atomic E-state index is -0.370. The molecule has 1 heterocycles. The molecule has 0 spiro atoms. The number of hydrogen-bond acceptors (Lipinski definition) is 5. The molecule has 0 aromatic heterocycles. The maximum absolute atomic E-state index is 11.2. The van der Waals surface area contributed by atoms with Crippen LogP contribution >= 0.6 is 0 Å². The quantitative estimate of drug-likeness (QED) is 0.690. The Labute approximate surface area is 79.5 Å². The molecule has 5 heteroatoms. The van der Waals surface area contributed by atoms with Crippen molar-refractivity contribution in [3.63, 3.8) is 0 Å². The molecular formula is C9H8O5. The number of Topliss-reactive ketones (excluding diaryl/α,β-unsaturated/α-hetero) is 1. The van der Waals surface area contributed by atoms with Gasteiger partial charge in [0.25, 0.3) is 0 Å². The fourth-order valence-corrected chi connectivity index (χ4v) is 1.41. The Morgan fingerprint density at radius 3 is 2.86 bits per heavy atom. The Bertz CT molecular complexity index is 410. The molecule has 0 bridgehead atoms. The van der Waals surface area contributed by atoms with Crippen molar-refractivity contribution >= 4 is 5.78 Å². The van der Waals surface area contributed by atoms with Gasteiger partial charge in [-0.25, -0.2) is 0 Å². The van der Waals surface area contributed by atoms with Crippen LogP contribution in [0.4, 0.5) is 0 Å². The summed E-state index contributed by atoms with van der Waals surface area (Å²) in [7, 11) is 1.29. The summed E-state index contributed by atoms with van der Waals surface area (Å²) in [5.41, 5.74) is 0.0691. The van der Waals surface area contributed by atoms with Crippen LogP contribution in [-0.4, -0.2) is 29.7 Å². The van der Waals surface area contributed by atoms with E-state index in [9.17, 15) is 15.0 Å². The van der Waals surface area contributed by atoms with E-state index in [-0.39, 0.29) is 41.0 Å². The third-order valence-corrected chi connectivity index (χ3v) is 2.04. The van der Waals surface area contributed by atoms with E-state index in [2.05, 4.69) is 0 Å². The summed E-state index contributed by atoms with van der Waals surface area (Å²) in [6.07, 6.45) is 0. The van der Waals surface area contributed by atoms with E-state index in [1.54, 1.807) is 0 Å². The van der Waals surface area contributed by atoms with Gasteiger partial charge < -0.3 is 19.7 Å². The number of ketones is 1. The zero-order chi connectivity index (χ0) is 10.3. The van der Waals surface area contributed by atoms with Crippen molar-refractivity contribution in [2.45, 2.75) is 0 Å². The van der Waals surface area contributed by atoms with Crippen LogP contribution in [0.2, 0.25) is 0 Å². The van der Waals surface area contributed by atoms with E-state index in [4.69, 9.17) is 9.47 Å². The maximum Gasteiger partial charge on any atom is 0.207 e. The summed E-state index contributed by atoms with van der Waals surface area (Å²) >= 11 is 0. The number of carbonyl (C=O) groups is 1. The number of phenols is 2. The lowest BCUT2D eigenvalue weighted by atomic mass is 10.1. The highest BCUT2D eigenvalue weighted by Gasteiger charge is 2.29. The molecule has 2 rings (SSSR count). The SMILES string of the molecule is COc1c(O)cc2c(c1O)C(=O)CO2. The van der Waals surface area contributed by atoms with Gasteiger partial charge in [-0.15, -0.1) is 0 Å². The van der Waals surface area contributed by atoms with Crippen LogP contribution in [0.15, 0.2) is 6.07 Å². The van der Waals surface area contributed by atoms with Crippen LogP contribution < -0.4 is 9.47 Å². The van der Waals surface area contributed by atoms with Crippen molar-refractivity contribution in [1.82, 2.24) is 0 Å². The van der Waals surface area contributed by atoms with E-state index in [1.807, 2.05) is 0 Å². The second kappa shape index (κ2) is 2.80. The molecule has 0 amide bonds. The van der Waals surface area contributed by atoms with Gasteiger partial charge >= 0.3 is 0 Å². The normalized spacial score (nSPS) is 13.6. The molecule has 1 aliphatic rings. The monoisotopic (exact) mass is 196 g/mol. The topological polar surface area (TPSA) is 76.0 Å². The largest absolute Gasteiger partial charge is 0.504 e. The van der Waals surface area contributed by atoms with E-state index in [1.165, 1.54) is 13.2 Å². The minimum absolute atomic E-state index is 0.0691. The molecule has 0 aliphatic carbocycles. The zero-order valence-electron chi connectivity index (χ0n) is 7.40. The van der Waals surface area contributed by atoms with Crippen molar-refractivity contribution in [1.29, 1.82) is 0 Å². The van der Waals surface area contributed by atoms with Crippen molar-refractivity contribution in [3.05, 3.63) is 11.6 Å². The Morgan fingerprint density at radius 1 is 1.50 bits per heavy atom. The first kappa shape index (κ1) is 8.68. The molecule has 0 unspecified atom stereocenters. The summed E-state index contributed by atoms with van der Waals surface area (Å²) in [5.74, 6) is -0.868. The predicted molar refractivity (Wildman–Crippen MR) is 46.1 cm³/mol. The average molecular weight is 196 g/mol. The first-order valence-electron chi connectivity index (χ1n) is 3.94. The van der Waals surface area contributed by atoms with E-state index in [0.717, 1.165) is 0 Å². The van der Waals surface area contributed by atoms with Gasteiger partial charge in [-0.1, -0.05) is 0 Å². The molecule has 0 atom stereocenters. The summed E-state index contributed by atoms with van der Waals surface area (Å²) in [6, 6.07) is 1.25. The Morgan fingerprint density at radius 2 is 2.21 bits per heavy atom. The van der Waals surface area contributed by atoms with Crippen molar-refractivity contribution < 1.29 is 24.5 Å². The smallest absolute Gasteiger partial charge is 0.207 e. The molecule has 1 aliphatic heterocycles. The third-order valence-electron chi connectivity index (χ3n) is 2.04. The highest BCUT2D eigenvalue weighted by atomic mass is 16.5. The maximum atomic E-state index is 11.2. The van der Waals surface area contributed by atoms with Gasteiger partial charge in [0.2, 0.25) is 11.5 Å². The molecule has 5 nitrogen and oxygen atoms in total. The van der Waals surface area contributed by atoms with Crippen LogP contribution in [0.25, 0.3) is 0 Å². The van der Waals surface area contributed by atoms with Gasteiger partial charge in [0.1, 0.15) is 11.3 Å². The number of rotatable bonds is 1. The van der Waals surface area contributed by atoms with Gasteiger partial charge in [-0.3, -0.25) is 4.79 Å². The standard InChI is InChI=1S/C9H8O5/c1-13-9-4(10)2-6-7(8(9)12)5(11)3-14-6/h2,10,12H,3H2,1H3. The molecule has 0 fully saturated rings. The lowest BCUT2D eigenvalue weighted by molar-refractivity contribution is 0.0959. The lowest BCUT2D eigenvalue weighted by Gasteiger charge is -2.08. The van der Waals surface area contributed by atoms with Crippen LogP contribution in [-0.2, 0) is 0 Å².